The second-order valence-electron chi connectivity index (χ2n) is 3.90. The molecule has 0 atom stereocenters. The van der Waals surface area contributed by atoms with Crippen LogP contribution in [0.4, 0.5) is 0 Å². The normalized spacial score (nSPS) is 10.9. The van der Waals surface area contributed by atoms with E-state index in [1.54, 1.807) is 12.1 Å². The quantitative estimate of drug-likeness (QED) is 0.841. The average molecular weight is 242 g/mol. The molecule has 0 saturated carbocycles. The molecule has 0 saturated heterocycles. The smallest absolute Gasteiger partial charge is 0.309 e. The van der Waals surface area contributed by atoms with E-state index < -0.39 is 0 Å². The van der Waals surface area contributed by atoms with Crippen LogP contribution in [0.3, 0.4) is 0 Å². The number of phenols is 1. The number of phenolic OH excluding ortho intramolecular Hbond substituents is 1. The van der Waals surface area contributed by atoms with Crippen molar-refractivity contribution in [3.63, 3.8) is 0 Å². The van der Waals surface area contributed by atoms with Gasteiger partial charge in [-0.25, -0.2) is 0 Å². The highest BCUT2D eigenvalue weighted by atomic mass is 16.5. The molecule has 2 aromatic carbocycles. The second kappa shape index (κ2) is 5.36. The summed E-state index contributed by atoms with van der Waals surface area (Å²) in [7, 11) is 1.37. The van der Waals surface area contributed by atoms with Gasteiger partial charge in [-0.2, -0.15) is 0 Å². The number of esters is 1. The Hall–Kier alpha value is -2.29. The van der Waals surface area contributed by atoms with Gasteiger partial charge < -0.3 is 9.84 Å². The number of carbonyl (C=O) groups is 1. The van der Waals surface area contributed by atoms with Crippen molar-refractivity contribution in [2.24, 2.45) is 0 Å². The van der Waals surface area contributed by atoms with Gasteiger partial charge in [-0.3, -0.25) is 4.79 Å². The van der Waals surface area contributed by atoms with E-state index in [4.69, 9.17) is 0 Å². The van der Waals surface area contributed by atoms with Crippen LogP contribution in [0.15, 0.2) is 42.5 Å². The molecule has 0 heterocycles. The van der Waals surface area contributed by atoms with Crippen LogP contribution in [0.2, 0.25) is 0 Å². The minimum Gasteiger partial charge on any atom is -0.507 e. The standard InChI is InChI=1S/C15H14O3/c1-18-15(17)8-4-5-11-9-10-14(16)13-7-3-2-6-12(11)13/h2-7,9-10,16H,8H2,1H3. The van der Waals surface area contributed by atoms with Crippen LogP contribution < -0.4 is 0 Å². The van der Waals surface area contributed by atoms with E-state index in [2.05, 4.69) is 4.74 Å². The fourth-order valence-electron chi connectivity index (χ4n) is 1.82. The molecule has 0 radical (unpaired) electrons. The molecule has 0 amide bonds. The third-order valence-corrected chi connectivity index (χ3v) is 2.74. The topological polar surface area (TPSA) is 46.5 Å². The first-order chi connectivity index (χ1) is 8.72. The van der Waals surface area contributed by atoms with Crippen LogP contribution in [0.5, 0.6) is 5.75 Å². The summed E-state index contributed by atoms with van der Waals surface area (Å²) in [5, 5.41) is 11.5. The monoisotopic (exact) mass is 242 g/mol. The highest BCUT2D eigenvalue weighted by molar-refractivity contribution is 5.94. The molecule has 18 heavy (non-hydrogen) atoms. The van der Waals surface area contributed by atoms with E-state index in [0.717, 1.165) is 16.3 Å². The van der Waals surface area contributed by atoms with Crippen LogP contribution in [-0.2, 0) is 9.53 Å². The van der Waals surface area contributed by atoms with E-state index in [1.807, 2.05) is 36.4 Å². The van der Waals surface area contributed by atoms with Crippen LogP contribution in [0.1, 0.15) is 12.0 Å². The minimum absolute atomic E-state index is 0.242. The van der Waals surface area contributed by atoms with Crippen molar-refractivity contribution in [2.75, 3.05) is 7.11 Å². The first-order valence-corrected chi connectivity index (χ1v) is 5.66. The molecule has 0 spiro atoms. The van der Waals surface area contributed by atoms with Gasteiger partial charge in [0.1, 0.15) is 5.75 Å². The summed E-state index contributed by atoms with van der Waals surface area (Å²) >= 11 is 0. The van der Waals surface area contributed by atoms with Crippen molar-refractivity contribution in [1.82, 2.24) is 0 Å². The fraction of sp³-hybridized carbons (Fsp3) is 0.133. The number of methoxy groups -OCH3 is 1. The van der Waals surface area contributed by atoms with Crippen molar-refractivity contribution < 1.29 is 14.6 Å². The number of benzene rings is 2. The van der Waals surface area contributed by atoms with E-state index in [1.165, 1.54) is 7.11 Å². The Bertz CT molecular complexity index is 600. The van der Waals surface area contributed by atoms with Crippen molar-refractivity contribution in [2.45, 2.75) is 6.42 Å². The largest absolute Gasteiger partial charge is 0.507 e. The maximum atomic E-state index is 11.0. The molecule has 2 aromatic rings. The van der Waals surface area contributed by atoms with Gasteiger partial charge in [0.15, 0.2) is 0 Å². The lowest BCUT2D eigenvalue weighted by atomic mass is 10.0. The lowest BCUT2D eigenvalue weighted by molar-refractivity contribution is -0.139. The maximum absolute atomic E-state index is 11.0. The highest BCUT2D eigenvalue weighted by Gasteiger charge is 2.02. The molecule has 0 aromatic heterocycles. The number of hydrogen-bond acceptors (Lipinski definition) is 3. The van der Waals surface area contributed by atoms with Gasteiger partial charge in [-0.15, -0.1) is 0 Å². The number of aromatic hydroxyl groups is 1. The van der Waals surface area contributed by atoms with Crippen molar-refractivity contribution >= 4 is 22.8 Å². The Balaban J connectivity index is 2.34. The summed E-state index contributed by atoms with van der Waals surface area (Å²) < 4.78 is 4.56. The summed E-state index contributed by atoms with van der Waals surface area (Å²) in [6.07, 6.45) is 3.86. The molecule has 3 heteroatoms. The molecule has 3 nitrogen and oxygen atoms in total. The molecule has 0 fully saturated rings. The second-order valence-corrected chi connectivity index (χ2v) is 3.90. The van der Waals surface area contributed by atoms with Gasteiger partial charge in [0, 0.05) is 5.39 Å². The predicted octanol–water partition coefficient (Wildman–Crippen LogP) is 3.12. The number of ether oxygens (including phenoxy) is 1. The first kappa shape index (κ1) is 12.2. The number of hydrogen-bond donors (Lipinski definition) is 1. The summed E-state index contributed by atoms with van der Waals surface area (Å²) in [5.41, 5.74) is 0.965. The molecule has 0 bridgehead atoms. The van der Waals surface area contributed by atoms with Gasteiger partial charge in [-0.05, 0) is 17.0 Å². The Morgan fingerprint density at radius 1 is 1.22 bits per heavy atom. The Labute approximate surface area is 105 Å². The summed E-state index contributed by atoms with van der Waals surface area (Å²) in [5.74, 6) is -0.00921. The molecule has 92 valence electrons. The highest BCUT2D eigenvalue weighted by Crippen LogP contribution is 2.28. The van der Waals surface area contributed by atoms with Crippen molar-refractivity contribution in [1.29, 1.82) is 0 Å². The van der Waals surface area contributed by atoms with E-state index in [0.29, 0.717) is 0 Å². The lowest BCUT2D eigenvalue weighted by Gasteiger charge is -2.04. The molecule has 0 aliphatic heterocycles. The fourth-order valence-corrected chi connectivity index (χ4v) is 1.82. The molecular formula is C15H14O3. The van der Waals surface area contributed by atoms with Gasteiger partial charge in [0.2, 0.25) is 0 Å². The number of fused-ring (bicyclic) bond motifs is 1. The Kier molecular flexibility index (Phi) is 3.63. The maximum Gasteiger partial charge on any atom is 0.309 e. The first-order valence-electron chi connectivity index (χ1n) is 5.66. The molecular weight excluding hydrogens is 228 g/mol. The molecule has 2 rings (SSSR count). The van der Waals surface area contributed by atoms with Gasteiger partial charge >= 0.3 is 5.97 Å². The van der Waals surface area contributed by atoms with Gasteiger partial charge in [0.05, 0.1) is 13.5 Å². The van der Waals surface area contributed by atoms with Gasteiger partial charge in [0.25, 0.3) is 0 Å². The van der Waals surface area contributed by atoms with E-state index >= 15 is 0 Å². The Morgan fingerprint density at radius 2 is 1.94 bits per heavy atom. The van der Waals surface area contributed by atoms with Crippen molar-refractivity contribution in [3.05, 3.63) is 48.0 Å². The Morgan fingerprint density at radius 3 is 2.67 bits per heavy atom. The summed E-state index contributed by atoms with van der Waals surface area (Å²) in [6.45, 7) is 0. The lowest BCUT2D eigenvalue weighted by Crippen LogP contribution is -1.96. The number of carbonyl (C=O) groups excluding carboxylic acids is 1. The minimum atomic E-state index is -0.269. The molecule has 0 unspecified atom stereocenters. The van der Waals surface area contributed by atoms with Crippen molar-refractivity contribution in [3.8, 4) is 5.75 Å². The van der Waals surface area contributed by atoms with Crippen LogP contribution >= 0.6 is 0 Å². The van der Waals surface area contributed by atoms with Gasteiger partial charge in [-0.1, -0.05) is 42.5 Å². The van der Waals surface area contributed by atoms with E-state index in [9.17, 15) is 9.90 Å². The molecule has 1 N–H and O–H groups in total. The zero-order valence-corrected chi connectivity index (χ0v) is 10.1. The SMILES string of the molecule is COC(=O)CC=Cc1ccc(O)c2ccccc12. The summed E-state index contributed by atoms with van der Waals surface area (Å²) in [6, 6.07) is 11.1. The third-order valence-electron chi connectivity index (χ3n) is 2.74. The zero-order chi connectivity index (χ0) is 13.0. The molecule has 0 aliphatic rings. The summed E-state index contributed by atoms with van der Waals surface area (Å²) in [4.78, 5) is 11.0. The average Bonchev–Trinajstić information content (AvgIpc) is 2.41. The van der Waals surface area contributed by atoms with Crippen LogP contribution in [-0.4, -0.2) is 18.2 Å². The third kappa shape index (κ3) is 2.51. The van der Waals surface area contributed by atoms with Crippen LogP contribution in [0.25, 0.3) is 16.8 Å². The number of rotatable bonds is 3. The zero-order valence-electron chi connectivity index (χ0n) is 10.1. The van der Waals surface area contributed by atoms with E-state index in [-0.39, 0.29) is 18.1 Å². The van der Waals surface area contributed by atoms with Crippen LogP contribution in [0, 0.1) is 0 Å². The predicted molar refractivity (Wildman–Crippen MR) is 71.3 cm³/mol. The molecule has 0 aliphatic carbocycles.